The summed E-state index contributed by atoms with van der Waals surface area (Å²) < 4.78 is 5.80. The molecule has 1 atom stereocenters. The summed E-state index contributed by atoms with van der Waals surface area (Å²) in [6.45, 7) is 0. The largest absolute Gasteiger partial charge is 0.448 e. The first-order valence-electron chi connectivity index (χ1n) is 6.45. The van der Waals surface area contributed by atoms with Crippen LogP contribution in [0.5, 0.6) is 0 Å². The van der Waals surface area contributed by atoms with Gasteiger partial charge in [0.05, 0.1) is 12.3 Å². The number of halogens is 1. The molecule has 0 spiro atoms. The number of aliphatic hydroxyl groups is 1. The van der Waals surface area contributed by atoms with Gasteiger partial charge in [0, 0.05) is 6.42 Å². The number of nitrogens with one attached hydrogen (secondary N) is 1. The molecule has 110 valence electrons. The number of amides is 1. The SMILES string of the molecule is O=C(CC[C@@H](O)c1ccccc1)N/N=C\c1ccc(Br)o1. The summed E-state index contributed by atoms with van der Waals surface area (Å²) in [4.78, 5) is 11.6. The Hall–Kier alpha value is -1.92. The summed E-state index contributed by atoms with van der Waals surface area (Å²) >= 11 is 3.17. The summed E-state index contributed by atoms with van der Waals surface area (Å²) in [6, 6.07) is 12.7. The lowest BCUT2D eigenvalue weighted by atomic mass is 10.1. The lowest BCUT2D eigenvalue weighted by Gasteiger charge is -2.09. The van der Waals surface area contributed by atoms with Gasteiger partial charge >= 0.3 is 0 Å². The van der Waals surface area contributed by atoms with Gasteiger partial charge in [-0.1, -0.05) is 30.3 Å². The Kier molecular flexibility index (Phi) is 5.71. The van der Waals surface area contributed by atoms with E-state index in [0.717, 1.165) is 5.56 Å². The van der Waals surface area contributed by atoms with Crippen LogP contribution in [-0.2, 0) is 4.79 Å². The van der Waals surface area contributed by atoms with Gasteiger partial charge in [-0.2, -0.15) is 5.10 Å². The minimum atomic E-state index is -0.651. The van der Waals surface area contributed by atoms with Crippen LogP contribution >= 0.6 is 15.9 Å². The molecule has 1 amide bonds. The van der Waals surface area contributed by atoms with Crippen LogP contribution in [0.3, 0.4) is 0 Å². The van der Waals surface area contributed by atoms with E-state index in [9.17, 15) is 9.90 Å². The van der Waals surface area contributed by atoms with Crippen molar-refractivity contribution in [1.82, 2.24) is 5.43 Å². The Morgan fingerprint density at radius 1 is 1.33 bits per heavy atom. The van der Waals surface area contributed by atoms with Gasteiger partial charge in [-0.25, -0.2) is 5.43 Å². The van der Waals surface area contributed by atoms with E-state index < -0.39 is 6.10 Å². The van der Waals surface area contributed by atoms with Crippen LogP contribution in [-0.4, -0.2) is 17.2 Å². The third-order valence-corrected chi connectivity index (χ3v) is 3.23. The number of hydrogen-bond donors (Lipinski definition) is 2. The van der Waals surface area contributed by atoms with E-state index in [1.807, 2.05) is 30.3 Å². The lowest BCUT2D eigenvalue weighted by molar-refractivity contribution is -0.121. The van der Waals surface area contributed by atoms with Crippen molar-refractivity contribution in [2.75, 3.05) is 0 Å². The minimum absolute atomic E-state index is 0.190. The van der Waals surface area contributed by atoms with Crippen molar-refractivity contribution in [3.05, 3.63) is 58.5 Å². The highest BCUT2D eigenvalue weighted by molar-refractivity contribution is 9.10. The number of carbonyl (C=O) groups excluding carboxylic acids is 1. The second kappa shape index (κ2) is 7.75. The number of carbonyl (C=O) groups is 1. The molecular formula is C15H15BrN2O3. The number of benzene rings is 1. The van der Waals surface area contributed by atoms with Gasteiger partial charge in [0.15, 0.2) is 4.67 Å². The Morgan fingerprint density at radius 2 is 2.10 bits per heavy atom. The van der Waals surface area contributed by atoms with Crippen LogP contribution in [0.4, 0.5) is 0 Å². The van der Waals surface area contributed by atoms with E-state index in [4.69, 9.17) is 4.42 Å². The zero-order chi connectivity index (χ0) is 15.1. The fourth-order valence-corrected chi connectivity index (χ4v) is 2.05. The zero-order valence-corrected chi connectivity index (χ0v) is 12.8. The number of aliphatic hydroxyl groups excluding tert-OH is 1. The Balaban J connectivity index is 1.74. The van der Waals surface area contributed by atoms with E-state index in [0.29, 0.717) is 16.9 Å². The molecule has 2 aromatic rings. The summed E-state index contributed by atoms with van der Waals surface area (Å²) in [5.41, 5.74) is 3.19. The molecule has 1 heterocycles. The molecule has 5 nitrogen and oxygen atoms in total. The quantitative estimate of drug-likeness (QED) is 0.621. The molecular weight excluding hydrogens is 336 g/mol. The zero-order valence-electron chi connectivity index (χ0n) is 11.2. The molecule has 0 aliphatic carbocycles. The first-order chi connectivity index (χ1) is 10.1. The van der Waals surface area contributed by atoms with Crippen molar-refractivity contribution in [3.63, 3.8) is 0 Å². The molecule has 6 heteroatoms. The van der Waals surface area contributed by atoms with E-state index in [-0.39, 0.29) is 12.3 Å². The highest BCUT2D eigenvalue weighted by Crippen LogP contribution is 2.17. The molecule has 2 N–H and O–H groups in total. The monoisotopic (exact) mass is 350 g/mol. The van der Waals surface area contributed by atoms with Crippen LogP contribution in [0.1, 0.15) is 30.3 Å². The van der Waals surface area contributed by atoms with Gasteiger partial charge in [-0.15, -0.1) is 0 Å². The number of hydrogen-bond acceptors (Lipinski definition) is 4. The van der Waals surface area contributed by atoms with E-state index in [2.05, 4.69) is 26.5 Å². The molecule has 1 aromatic heterocycles. The first kappa shape index (κ1) is 15.5. The van der Waals surface area contributed by atoms with Gasteiger partial charge < -0.3 is 9.52 Å². The summed E-state index contributed by atoms with van der Waals surface area (Å²) in [5.74, 6) is 0.276. The van der Waals surface area contributed by atoms with Crippen molar-refractivity contribution < 1.29 is 14.3 Å². The van der Waals surface area contributed by atoms with Crippen LogP contribution in [0.15, 0.2) is 56.7 Å². The fraction of sp³-hybridized carbons (Fsp3) is 0.200. The predicted molar refractivity (Wildman–Crippen MR) is 82.8 cm³/mol. The third-order valence-electron chi connectivity index (χ3n) is 2.80. The van der Waals surface area contributed by atoms with Gasteiger partial charge in [0.1, 0.15) is 5.76 Å². The van der Waals surface area contributed by atoms with Crippen LogP contribution in [0, 0.1) is 0 Å². The number of rotatable bonds is 6. The van der Waals surface area contributed by atoms with Crippen LogP contribution < -0.4 is 5.43 Å². The van der Waals surface area contributed by atoms with Crippen LogP contribution in [0.25, 0.3) is 0 Å². The Bertz CT molecular complexity index is 610. The van der Waals surface area contributed by atoms with E-state index in [1.54, 1.807) is 12.1 Å². The maximum atomic E-state index is 11.6. The fourth-order valence-electron chi connectivity index (χ4n) is 1.73. The number of furan rings is 1. The molecule has 0 saturated carbocycles. The molecule has 2 rings (SSSR count). The normalized spacial score (nSPS) is 12.5. The summed E-state index contributed by atoms with van der Waals surface area (Å²) in [6.07, 6.45) is 1.30. The van der Waals surface area contributed by atoms with Crippen molar-refractivity contribution in [3.8, 4) is 0 Å². The van der Waals surface area contributed by atoms with Gasteiger partial charge in [-0.3, -0.25) is 4.79 Å². The highest BCUT2D eigenvalue weighted by Gasteiger charge is 2.09. The second-order valence-corrected chi connectivity index (χ2v) is 5.18. The summed E-state index contributed by atoms with van der Waals surface area (Å²) in [7, 11) is 0. The maximum absolute atomic E-state index is 11.6. The molecule has 0 bridgehead atoms. The maximum Gasteiger partial charge on any atom is 0.240 e. The van der Waals surface area contributed by atoms with Crippen molar-refractivity contribution >= 4 is 28.1 Å². The second-order valence-electron chi connectivity index (χ2n) is 4.40. The Labute approximate surface area is 130 Å². The topological polar surface area (TPSA) is 74.8 Å². The smallest absolute Gasteiger partial charge is 0.240 e. The van der Waals surface area contributed by atoms with Gasteiger partial charge in [0.25, 0.3) is 0 Å². The standard InChI is InChI=1S/C15H15BrN2O3/c16-14-8-6-12(21-14)10-17-18-15(20)9-7-13(19)11-4-2-1-3-5-11/h1-6,8,10,13,19H,7,9H2,(H,18,20)/b17-10-/t13-/m1/s1. The van der Waals surface area contributed by atoms with Crippen molar-refractivity contribution in [1.29, 1.82) is 0 Å². The average molecular weight is 351 g/mol. The van der Waals surface area contributed by atoms with Gasteiger partial charge in [-0.05, 0) is 40.0 Å². The van der Waals surface area contributed by atoms with Crippen LogP contribution in [0.2, 0.25) is 0 Å². The molecule has 0 saturated heterocycles. The molecule has 0 unspecified atom stereocenters. The molecule has 21 heavy (non-hydrogen) atoms. The van der Waals surface area contributed by atoms with Gasteiger partial charge in [0.2, 0.25) is 5.91 Å². The first-order valence-corrected chi connectivity index (χ1v) is 7.24. The molecule has 0 radical (unpaired) electrons. The average Bonchev–Trinajstić information content (AvgIpc) is 2.91. The predicted octanol–water partition coefficient (Wildman–Crippen LogP) is 3.01. The molecule has 0 aliphatic heterocycles. The molecule has 1 aromatic carbocycles. The Morgan fingerprint density at radius 3 is 2.76 bits per heavy atom. The molecule has 0 fully saturated rings. The molecule has 0 aliphatic rings. The van der Waals surface area contributed by atoms with E-state index in [1.165, 1.54) is 6.21 Å². The van der Waals surface area contributed by atoms with Crippen molar-refractivity contribution in [2.24, 2.45) is 5.10 Å². The van der Waals surface area contributed by atoms with Crippen molar-refractivity contribution in [2.45, 2.75) is 18.9 Å². The third kappa shape index (κ3) is 5.17. The lowest BCUT2D eigenvalue weighted by Crippen LogP contribution is -2.18. The van der Waals surface area contributed by atoms with E-state index >= 15 is 0 Å². The highest BCUT2D eigenvalue weighted by atomic mass is 79.9. The number of nitrogens with zero attached hydrogens (tertiary/aromatic N) is 1. The minimum Gasteiger partial charge on any atom is -0.448 e. The number of hydrazone groups is 1. The summed E-state index contributed by atoms with van der Waals surface area (Å²) in [5, 5.41) is 13.7.